The minimum Gasteiger partial charge on any atom is -0.351 e. The lowest BCUT2D eigenvalue weighted by molar-refractivity contribution is -0.118. The van der Waals surface area contributed by atoms with Crippen LogP contribution in [0.2, 0.25) is 0 Å². The molecular weight excluding hydrogens is 382 g/mol. The SMILES string of the molecule is CC(SCC(=O)NCc1ccc(Cn2ccnc2)cc1)c1nc2ccccc2[nH]1. The molecule has 0 saturated heterocycles. The van der Waals surface area contributed by atoms with Crippen molar-refractivity contribution >= 4 is 28.7 Å². The molecule has 0 spiro atoms. The third-order valence-electron chi connectivity index (χ3n) is 4.69. The average molecular weight is 406 g/mol. The van der Waals surface area contributed by atoms with Crippen molar-refractivity contribution in [3.05, 3.63) is 84.2 Å². The molecule has 1 amide bonds. The first kappa shape index (κ1) is 19.3. The highest BCUT2D eigenvalue weighted by Gasteiger charge is 2.13. The van der Waals surface area contributed by atoms with Crippen LogP contribution in [0.3, 0.4) is 0 Å². The lowest BCUT2D eigenvalue weighted by Crippen LogP contribution is -2.24. The summed E-state index contributed by atoms with van der Waals surface area (Å²) in [6, 6.07) is 16.2. The van der Waals surface area contributed by atoms with Gasteiger partial charge in [0.15, 0.2) is 0 Å². The Morgan fingerprint density at radius 3 is 2.72 bits per heavy atom. The van der Waals surface area contributed by atoms with E-state index < -0.39 is 0 Å². The Morgan fingerprint density at radius 2 is 1.97 bits per heavy atom. The minimum atomic E-state index is 0.0282. The number of nitrogens with zero attached hydrogens (tertiary/aromatic N) is 3. The van der Waals surface area contributed by atoms with Crippen LogP contribution in [-0.2, 0) is 17.9 Å². The van der Waals surface area contributed by atoms with Gasteiger partial charge in [0.25, 0.3) is 0 Å². The summed E-state index contributed by atoms with van der Waals surface area (Å²) in [4.78, 5) is 24.2. The van der Waals surface area contributed by atoms with Crippen LogP contribution in [0.5, 0.6) is 0 Å². The minimum absolute atomic E-state index is 0.0282. The molecular formula is C22H23N5OS. The van der Waals surface area contributed by atoms with Gasteiger partial charge in [-0.3, -0.25) is 4.79 Å². The Kier molecular flexibility index (Phi) is 5.95. The van der Waals surface area contributed by atoms with Crippen LogP contribution in [0.4, 0.5) is 0 Å². The Morgan fingerprint density at radius 1 is 1.17 bits per heavy atom. The molecule has 0 bridgehead atoms. The van der Waals surface area contributed by atoms with Gasteiger partial charge in [0.1, 0.15) is 5.82 Å². The summed E-state index contributed by atoms with van der Waals surface area (Å²) in [5.74, 6) is 1.33. The van der Waals surface area contributed by atoms with Gasteiger partial charge in [-0.1, -0.05) is 36.4 Å². The molecule has 4 aromatic rings. The number of rotatable bonds is 8. The van der Waals surface area contributed by atoms with E-state index in [1.54, 1.807) is 24.3 Å². The van der Waals surface area contributed by atoms with Crippen molar-refractivity contribution in [3.8, 4) is 0 Å². The molecule has 0 fully saturated rings. The zero-order valence-corrected chi connectivity index (χ0v) is 17.0. The van der Waals surface area contributed by atoms with Gasteiger partial charge in [-0.25, -0.2) is 9.97 Å². The quantitative estimate of drug-likeness (QED) is 0.466. The molecule has 2 heterocycles. The molecule has 0 saturated carbocycles. The van der Waals surface area contributed by atoms with E-state index in [2.05, 4.69) is 51.5 Å². The second-order valence-corrected chi connectivity index (χ2v) is 8.25. The van der Waals surface area contributed by atoms with Gasteiger partial charge in [0, 0.05) is 25.5 Å². The smallest absolute Gasteiger partial charge is 0.230 e. The van der Waals surface area contributed by atoms with Crippen molar-refractivity contribution in [1.82, 2.24) is 24.8 Å². The number of nitrogens with one attached hydrogen (secondary N) is 2. The van der Waals surface area contributed by atoms with Crippen molar-refractivity contribution in [2.45, 2.75) is 25.3 Å². The standard InChI is InChI=1S/C22H23N5OS/c1-16(22-25-19-4-2-3-5-20(19)26-22)29-14-21(28)24-12-17-6-8-18(9-7-17)13-27-11-10-23-15-27/h2-11,15-16H,12-14H2,1H3,(H,24,28)(H,25,26). The topological polar surface area (TPSA) is 75.6 Å². The van der Waals surface area contributed by atoms with Crippen LogP contribution >= 0.6 is 11.8 Å². The van der Waals surface area contributed by atoms with Crippen LogP contribution in [0.25, 0.3) is 11.0 Å². The molecule has 2 aromatic carbocycles. The lowest BCUT2D eigenvalue weighted by atomic mass is 10.1. The third kappa shape index (κ3) is 5.06. The van der Waals surface area contributed by atoms with Gasteiger partial charge in [-0.05, 0) is 30.2 Å². The number of carbonyl (C=O) groups excluding carboxylic acids is 1. The summed E-state index contributed by atoms with van der Waals surface area (Å²) in [6.07, 6.45) is 5.52. The fourth-order valence-electron chi connectivity index (χ4n) is 3.05. The molecule has 148 valence electrons. The Hall–Kier alpha value is -3.06. The van der Waals surface area contributed by atoms with Gasteiger partial charge in [-0.2, -0.15) is 0 Å². The number of aromatic amines is 1. The van der Waals surface area contributed by atoms with E-state index >= 15 is 0 Å². The Balaban J connectivity index is 1.23. The van der Waals surface area contributed by atoms with E-state index in [-0.39, 0.29) is 11.2 Å². The lowest BCUT2D eigenvalue weighted by Gasteiger charge is -2.10. The number of amides is 1. The maximum absolute atomic E-state index is 12.2. The molecule has 7 heteroatoms. The Labute approximate surface area is 173 Å². The first-order chi connectivity index (χ1) is 14.2. The highest BCUT2D eigenvalue weighted by Crippen LogP contribution is 2.27. The van der Waals surface area contributed by atoms with Gasteiger partial charge in [0.05, 0.1) is 28.4 Å². The number of H-pyrrole nitrogens is 1. The predicted molar refractivity (Wildman–Crippen MR) is 117 cm³/mol. The first-order valence-corrected chi connectivity index (χ1v) is 10.6. The van der Waals surface area contributed by atoms with Crippen LogP contribution in [-0.4, -0.2) is 31.2 Å². The van der Waals surface area contributed by atoms with Crippen molar-refractivity contribution in [2.24, 2.45) is 0 Å². The van der Waals surface area contributed by atoms with Crippen molar-refractivity contribution < 1.29 is 4.79 Å². The number of carbonyl (C=O) groups is 1. The highest BCUT2D eigenvalue weighted by atomic mass is 32.2. The third-order valence-corrected chi connectivity index (χ3v) is 5.85. The van der Waals surface area contributed by atoms with Crippen LogP contribution < -0.4 is 5.32 Å². The molecule has 0 aliphatic rings. The normalized spacial score (nSPS) is 12.2. The molecule has 0 aliphatic carbocycles. The average Bonchev–Trinajstić information content (AvgIpc) is 3.41. The Bertz CT molecular complexity index is 1040. The zero-order valence-electron chi connectivity index (χ0n) is 16.2. The first-order valence-electron chi connectivity index (χ1n) is 9.54. The maximum Gasteiger partial charge on any atom is 0.230 e. The summed E-state index contributed by atoms with van der Waals surface area (Å²) < 4.78 is 2.02. The molecule has 0 aliphatic heterocycles. The molecule has 0 radical (unpaired) electrons. The van der Waals surface area contributed by atoms with E-state index in [4.69, 9.17) is 0 Å². The van der Waals surface area contributed by atoms with Gasteiger partial charge in [0.2, 0.25) is 5.91 Å². The molecule has 6 nitrogen and oxygen atoms in total. The number of imidazole rings is 2. The van der Waals surface area contributed by atoms with Crippen LogP contribution in [0, 0.1) is 0 Å². The molecule has 1 atom stereocenters. The van der Waals surface area contributed by atoms with Crippen molar-refractivity contribution in [3.63, 3.8) is 0 Å². The number of benzene rings is 2. The second kappa shape index (κ2) is 8.96. The maximum atomic E-state index is 12.2. The summed E-state index contributed by atoms with van der Waals surface area (Å²) in [5, 5.41) is 3.11. The number of fused-ring (bicyclic) bond motifs is 1. The number of aromatic nitrogens is 4. The molecule has 4 rings (SSSR count). The molecule has 29 heavy (non-hydrogen) atoms. The highest BCUT2D eigenvalue weighted by molar-refractivity contribution is 8.00. The van der Waals surface area contributed by atoms with Crippen LogP contribution in [0.15, 0.2) is 67.3 Å². The van der Waals surface area contributed by atoms with Crippen LogP contribution in [0.1, 0.15) is 29.1 Å². The van der Waals surface area contributed by atoms with E-state index in [0.29, 0.717) is 12.3 Å². The van der Waals surface area contributed by atoms with Crippen molar-refractivity contribution in [2.75, 3.05) is 5.75 Å². The summed E-state index contributed by atoms with van der Waals surface area (Å²) in [7, 11) is 0. The molecule has 2 N–H and O–H groups in total. The second-order valence-electron chi connectivity index (χ2n) is 6.92. The predicted octanol–water partition coefficient (Wildman–Crippen LogP) is 3.92. The number of para-hydroxylation sites is 2. The van der Waals surface area contributed by atoms with E-state index in [1.807, 2.05) is 35.0 Å². The van der Waals surface area contributed by atoms with Gasteiger partial charge in [-0.15, -0.1) is 11.8 Å². The fraction of sp³-hybridized carbons (Fsp3) is 0.227. The number of thioether (sulfide) groups is 1. The zero-order chi connectivity index (χ0) is 20.1. The summed E-state index contributed by atoms with van der Waals surface area (Å²) >= 11 is 1.58. The molecule has 2 aromatic heterocycles. The summed E-state index contributed by atoms with van der Waals surface area (Å²) in [5.41, 5.74) is 4.27. The monoisotopic (exact) mass is 405 g/mol. The number of hydrogen-bond donors (Lipinski definition) is 2. The van der Waals surface area contributed by atoms with Crippen molar-refractivity contribution in [1.29, 1.82) is 0 Å². The van der Waals surface area contributed by atoms with Gasteiger partial charge >= 0.3 is 0 Å². The summed E-state index contributed by atoms with van der Waals surface area (Å²) in [6.45, 7) is 3.39. The van der Waals surface area contributed by atoms with E-state index in [1.165, 1.54) is 5.56 Å². The van der Waals surface area contributed by atoms with Gasteiger partial charge < -0.3 is 14.9 Å². The molecule has 1 unspecified atom stereocenters. The largest absolute Gasteiger partial charge is 0.351 e. The van der Waals surface area contributed by atoms with E-state index in [0.717, 1.165) is 29.0 Å². The number of hydrogen-bond acceptors (Lipinski definition) is 4. The fourth-order valence-corrected chi connectivity index (χ4v) is 3.82. The van der Waals surface area contributed by atoms with E-state index in [9.17, 15) is 4.79 Å².